The van der Waals surface area contributed by atoms with E-state index >= 15 is 0 Å². The van der Waals surface area contributed by atoms with E-state index in [2.05, 4.69) is 4.74 Å². The van der Waals surface area contributed by atoms with Crippen LogP contribution in [-0.2, 0) is 19.7 Å². The molecule has 0 aromatic carbocycles. The molecule has 0 amide bonds. The van der Waals surface area contributed by atoms with Crippen molar-refractivity contribution in [3.8, 4) is 0 Å². The minimum atomic E-state index is -3.54. The van der Waals surface area contributed by atoms with E-state index in [1.165, 1.54) is 29.9 Å². The van der Waals surface area contributed by atoms with Crippen LogP contribution in [0.25, 0.3) is 0 Å². The van der Waals surface area contributed by atoms with Gasteiger partial charge in [0.15, 0.2) is 0 Å². The van der Waals surface area contributed by atoms with Gasteiger partial charge < -0.3 is 4.74 Å². The number of esters is 1. The fraction of sp³-hybridized carbons (Fsp3) is 0.800. The van der Waals surface area contributed by atoms with Crippen molar-refractivity contribution in [2.45, 2.75) is 6.92 Å². The van der Waals surface area contributed by atoms with Crippen LogP contribution in [0.15, 0.2) is 0 Å². The molecule has 6 nitrogen and oxygen atoms in total. The van der Waals surface area contributed by atoms with E-state index < -0.39 is 16.2 Å². The number of rotatable bonds is 5. The van der Waals surface area contributed by atoms with Crippen LogP contribution in [0, 0.1) is 0 Å². The van der Waals surface area contributed by atoms with Crippen molar-refractivity contribution in [1.29, 1.82) is 0 Å². The molecule has 0 atom stereocenters. The summed E-state index contributed by atoms with van der Waals surface area (Å²) in [6, 6.07) is 0. The number of nitrogens with zero attached hydrogens (tertiary/aromatic N) is 1. The maximum Gasteiger partial charge on any atom is 0.321 e. The van der Waals surface area contributed by atoms with Gasteiger partial charge in [-0.05, 0) is 6.92 Å². The molecule has 13 heavy (non-hydrogen) atoms. The molecular formula is C5H11IN2O4S. The molecule has 0 aliphatic rings. The van der Waals surface area contributed by atoms with Crippen molar-refractivity contribution in [1.82, 2.24) is 7.24 Å². The number of hydrogen-bond acceptors (Lipinski definition) is 4. The molecule has 0 fully saturated rings. The molecule has 0 aliphatic heterocycles. The van der Waals surface area contributed by atoms with E-state index in [9.17, 15) is 13.2 Å². The second kappa shape index (κ2) is 5.73. The third-order valence-corrected chi connectivity index (χ3v) is 3.98. The van der Waals surface area contributed by atoms with E-state index in [0.29, 0.717) is 0 Å². The minimum Gasteiger partial charge on any atom is -0.465 e. The predicted molar refractivity (Wildman–Crippen MR) is 55.3 cm³/mol. The molecule has 1 N–H and O–H groups in total. The van der Waals surface area contributed by atoms with Crippen LogP contribution in [0.5, 0.6) is 0 Å². The van der Waals surface area contributed by atoms with Gasteiger partial charge in [0, 0.05) is 29.9 Å². The Morgan fingerprint density at radius 1 is 1.62 bits per heavy atom. The van der Waals surface area contributed by atoms with E-state index in [1.54, 1.807) is 6.92 Å². The third kappa shape index (κ3) is 4.74. The van der Waals surface area contributed by atoms with Gasteiger partial charge in [0.1, 0.15) is 6.54 Å². The Hall–Kier alpha value is 0.0700. The number of likely N-dealkylation sites (N-methyl/N-ethyl adjacent to an activating group) is 1. The van der Waals surface area contributed by atoms with Crippen LogP contribution in [0.1, 0.15) is 6.92 Å². The molecule has 78 valence electrons. The zero-order valence-electron chi connectivity index (χ0n) is 7.28. The van der Waals surface area contributed by atoms with Gasteiger partial charge in [-0.15, -0.1) is 2.94 Å². The van der Waals surface area contributed by atoms with Gasteiger partial charge in [-0.2, -0.15) is 12.7 Å². The van der Waals surface area contributed by atoms with Crippen LogP contribution in [-0.4, -0.2) is 38.9 Å². The summed E-state index contributed by atoms with van der Waals surface area (Å²) >= 11 is 1.48. The fourth-order valence-corrected chi connectivity index (χ4v) is 1.93. The first kappa shape index (κ1) is 13.1. The smallest absolute Gasteiger partial charge is 0.321 e. The highest BCUT2D eigenvalue weighted by Gasteiger charge is 2.19. The number of carbonyl (C=O) groups is 1. The Kier molecular flexibility index (Phi) is 5.76. The monoisotopic (exact) mass is 322 g/mol. The summed E-state index contributed by atoms with van der Waals surface area (Å²) < 4.78 is 29.6. The first-order valence-electron chi connectivity index (χ1n) is 3.43. The molecule has 0 unspecified atom stereocenters. The van der Waals surface area contributed by atoms with Gasteiger partial charge in [0.05, 0.1) is 6.61 Å². The molecule has 0 rings (SSSR count). The Balaban J connectivity index is 4.16. The lowest BCUT2D eigenvalue weighted by Crippen LogP contribution is -2.37. The molecule has 0 spiro atoms. The van der Waals surface area contributed by atoms with Gasteiger partial charge in [0.2, 0.25) is 0 Å². The summed E-state index contributed by atoms with van der Waals surface area (Å²) in [7, 11) is -2.25. The summed E-state index contributed by atoms with van der Waals surface area (Å²) in [4.78, 5) is 10.9. The van der Waals surface area contributed by atoms with Crippen LogP contribution >= 0.6 is 22.9 Å². The zero-order chi connectivity index (χ0) is 10.5. The Morgan fingerprint density at radius 3 is 2.54 bits per heavy atom. The second-order valence-electron chi connectivity index (χ2n) is 2.14. The van der Waals surface area contributed by atoms with Crippen LogP contribution < -0.4 is 2.94 Å². The number of halogens is 1. The third-order valence-electron chi connectivity index (χ3n) is 1.16. The summed E-state index contributed by atoms with van der Waals surface area (Å²) in [6.45, 7) is 1.61. The number of hydrogen-bond donors (Lipinski definition) is 1. The van der Waals surface area contributed by atoms with Gasteiger partial charge >= 0.3 is 5.97 Å². The molecule has 0 aliphatic carbocycles. The summed E-state index contributed by atoms with van der Waals surface area (Å²) in [5.41, 5.74) is 0. The summed E-state index contributed by atoms with van der Waals surface area (Å²) in [6.07, 6.45) is 0. The van der Waals surface area contributed by atoms with Crippen molar-refractivity contribution in [3.05, 3.63) is 0 Å². The Labute approximate surface area is 91.3 Å². The SMILES string of the molecule is CCOC(=O)CN(C)S(=O)(=O)NI. The number of nitrogens with one attached hydrogen (secondary N) is 1. The van der Waals surface area contributed by atoms with Crippen molar-refractivity contribution < 1.29 is 17.9 Å². The van der Waals surface area contributed by atoms with Crippen molar-refractivity contribution in [3.63, 3.8) is 0 Å². The molecule has 0 bridgehead atoms. The van der Waals surface area contributed by atoms with Gasteiger partial charge in [-0.1, -0.05) is 0 Å². The predicted octanol–water partition coefficient (Wildman–Crippen LogP) is -0.334. The maximum atomic E-state index is 11.0. The van der Waals surface area contributed by atoms with E-state index in [-0.39, 0.29) is 13.2 Å². The van der Waals surface area contributed by atoms with Gasteiger partial charge in [-0.25, -0.2) is 0 Å². The molecular weight excluding hydrogens is 311 g/mol. The molecule has 0 saturated heterocycles. The van der Waals surface area contributed by atoms with Crippen molar-refractivity contribution in [2.75, 3.05) is 20.2 Å². The molecule has 8 heteroatoms. The van der Waals surface area contributed by atoms with Gasteiger partial charge in [0.25, 0.3) is 10.2 Å². The minimum absolute atomic E-state index is 0.240. The fourth-order valence-electron chi connectivity index (χ4n) is 0.532. The highest BCUT2D eigenvalue weighted by Crippen LogP contribution is 1.96. The Morgan fingerprint density at radius 2 is 2.15 bits per heavy atom. The summed E-state index contributed by atoms with van der Waals surface area (Å²) in [5.74, 6) is -0.569. The average molecular weight is 322 g/mol. The molecule has 0 radical (unpaired) electrons. The lowest BCUT2D eigenvalue weighted by molar-refractivity contribution is -0.143. The second-order valence-corrected chi connectivity index (χ2v) is 5.19. The van der Waals surface area contributed by atoms with E-state index in [4.69, 9.17) is 0 Å². The number of carbonyl (C=O) groups excluding carboxylic acids is 1. The molecule has 0 aromatic rings. The first-order valence-corrected chi connectivity index (χ1v) is 5.95. The zero-order valence-corrected chi connectivity index (χ0v) is 10.3. The van der Waals surface area contributed by atoms with Crippen LogP contribution in [0.4, 0.5) is 0 Å². The topological polar surface area (TPSA) is 75.7 Å². The quantitative estimate of drug-likeness (QED) is 0.427. The van der Waals surface area contributed by atoms with Crippen molar-refractivity contribution in [2.24, 2.45) is 0 Å². The van der Waals surface area contributed by atoms with E-state index in [1.807, 2.05) is 2.94 Å². The highest BCUT2D eigenvalue weighted by molar-refractivity contribution is 14.1. The highest BCUT2D eigenvalue weighted by atomic mass is 127. The molecule has 0 heterocycles. The van der Waals surface area contributed by atoms with Crippen LogP contribution in [0.2, 0.25) is 0 Å². The summed E-state index contributed by atoms with van der Waals surface area (Å²) in [5, 5.41) is 0. The standard InChI is InChI=1S/C5H11IN2O4S/c1-3-12-5(9)4-8(2)13(10,11)7-6/h7H,3-4H2,1-2H3. The molecule has 0 saturated carbocycles. The normalized spacial score (nSPS) is 11.7. The van der Waals surface area contributed by atoms with Crippen molar-refractivity contribution >= 4 is 39.0 Å². The molecule has 0 aromatic heterocycles. The lowest BCUT2D eigenvalue weighted by atomic mass is 10.6. The lowest BCUT2D eigenvalue weighted by Gasteiger charge is -2.13. The Bertz CT molecular complexity index is 266. The largest absolute Gasteiger partial charge is 0.465 e. The van der Waals surface area contributed by atoms with E-state index in [0.717, 1.165) is 4.31 Å². The maximum absolute atomic E-state index is 11.0. The van der Waals surface area contributed by atoms with Gasteiger partial charge in [-0.3, -0.25) is 4.79 Å². The first-order chi connectivity index (χ1) is 5.94. The number of ether oxygens (including phenoxy) is 1. The average Bonchev–Trinajstić information content (AvgIpc) is 2.04. The van der Waals surface area contributed by atoms with Crippen LogP contribution in [0.3, 0.4) is 0 Å².